The van der Waals surface area contributed by atoms with Crippen LogP contribution < -0.4 is 20.9 Å². The molecule has 0 aliphatic carbocycles. The topological polar surface area (TPSA) is 70.5 Å². The van der Waals surface area contributed by atoms with Crippen molar-refractivity contribution in [3.8, 4) is 11.5 Å². The molecule has 0 saturated heterocycles. The van der Waals surface area contributed by atoms with Gasteiger partial charge in [0.1, 0.15) is 11.5 Å². The van der Waals surface area contributed by atoms with Gasteiger partial charge in [-0.2, -0.15) is 0 Å². The fourth-order valence-corrected chi connectivity index (χ4v) is 3.70. The fraction of sp³-hybridized carbons (Fsp3) is 0.111. The normalized spacial score (nSPS) is 12.2. The molecular formula is C27H26N2O2. The van der Waals surface area contributed by atoms with Gasteiger partial charge in [-0.1, -0.05) is 79.7 Å². The van der Waals surface area contributed by atoms with E-state index in [1.54, 1.807) is 12.1 Å². The Morgan fingerprint density at radius 1 is 0.613 bits per heavy atom. The molecule has 156 valence electrons. The summed E-state index contributed by atoms with van der Waals surface area (Å²) in [5, 5.41) is 0. The second-order valence-corrected chi connectivity index (χ2v) is 7.51. The van der Waals surface area contributed by atoms with E-state index in [4.69, 9.17) is 20.9 Å². The van der Waals surface area contributed by atoms with E-state index in [0.29, 0.717) is 22.9 Å². The third-order valence-electron chi connectivity index (χ3n) is 5.30. The lowest BCUT2D eigenvalue weighted by Gasteiger charge is -2.40. The molecule has 0 aliphatic heterocycles. The van der Waals surface area contributed by atoms with Crippen LogP contribution in [0.25, 0.3) is 0 Å². The molecule has 4 nitrogen and oxygen atoms in total. The minimum Gasteiger partial charge on any atom is -0.448 e. The molecular weight excluding hydrogens is 384 g/mol. The van der Waals surface area contributed by atoms with Crippen molar-refractivity contribution in [2.45, 2.75) is 18.6 Å². The van der Waals surface area contributed by atoms with Gasteiger partial charge in [-0.05, 0) is 29.8 Å². The lowest BCUT2D eigenvalue weighted by atomic mass is 9.86. The Morgan fingerprint density at radius 2 is 1.10 bits per heavy atom. The first-order valence-electron chi connectivity index (χ1n) is 10.3. The van der Waals surface area contributed by atoms with Gasteiger partial charge < -0.3 is 20.9 Å². The Kier molecular flexibility index (Phi) is 5.80. The molecule has 1 atom stereocenters. The predicted octanol–water partition coefficient (Wildman–Crippen LogP) is 5.97. The summed E-state index contributed by atoms with van der Waals surface area (Å²) in [7, 11) is 0. The maximum atomic E-state index is 6.69. The van der Waals surface area contributed by atoms with Crippen LogP contribution in [0.3, 0.4) is 0 Å². The van der Waals surface area contributed by atoms with Gasteiger partial charge in [-0.3, -0.25) is 0 Å². The lowest BCUT2D eigenvalue weighted by Crippen LogP contribution is -2.44. The molecule has 4 N–H and O–H groups in total. The largest absolute Gasteiger partial charge is 0.448 e. The molecule has 4 heteroatoms. The first-order valence-corrected chi connectivity index (χ1v) is 10.3. The van der Waals surface area contributed by atoms with Gasteiger partial charge in [0.25, 0.3) is 5.79 Å². The molecule has 31 heavy (non-hydrogen) atoms. The molecule has 0 radical (unpaired) electrons. The van der Waals surface area contributed by atoms with Gasteiger partial charge in [-0.15, -0.1) is 0 Å². The van der Waals surface area contributed by atoms with Crippen LogP contribution in [0.5, 0.6) is 11.5 Å². The van der Waals surface area contributed by atoms with E-state index in [0.717, 1.165) is 11.1 Å². The van der Waals surface area contributed by atoms with Gasteiger partial charge in [0, 0.05) is 29.1 Å². The smallest absolute Gasteiger partial charge is 0.284 e. The number of nitrogens with two attached hydrogens (primary N) is 2. The van der Waals surface area contributed by atoms with E-state index in [1.807, 2.05) is 84.9 Å². The van der Waals surface area contributed by atoms with Crippen LogP contribution >= 0.6 is 0 Å². The van der Waals surface area contributed by atoms with Crippen LogP contribution in [0.1, 0.15) is 24.0 Å². The molecule has 0 fully saturated rings. The summed E-state index contributed by atoms with van der Waals surface area (Å²) in [6.45, 7) is 2.10. The Bertz CT molecular complexity index is 1080. The zero-order valence-electron chi connectivity index (χ0n) is 17.4. The second kappa shape index (κ2) is 8.84. The second-order valence-electron chi connectivity index (χ2n) is 7.51. The fourth-order valence-electron chi connectivity index (χ4n) is 3.70. The Morgan fingerprint density at radius 3 is 1.58 bits per heavy atom. The van der Waals surface area contributed by atoms with E-state index in [1.165, 1.54) is 0 Å². The minimum absolute atomic E-state index is 0.168. The van der Waals surface area contributed by atoms with Crippen molar-refractivity contribution >= 4 is 11.4 Å². The molecule has 4 aromatic carbocycles. The van der Waals surface area contributed by atoms with E-state index >= 15 is 0 Å². The molecule has 4 aromatic rings. The van der Waals surface area contributed by atoms with E-state index in [2.05, 4.69) is 19.1 Å². The highest BCUT2D eigenvalue weighted by atomic mass is 16.7. The molecule has 0 aromatic heterocycles. The zero-order chi connectivity index (χ0) is 21.7. The zero-order valence-corrected chi connectivity index (χ0v) is 17.4. The minimum atomic E-state index is -1.16. The summed E-state index contributed by atoms with van der Waals surface area (Å²) in [6, 6.07) is 34.9. The molecule has 4 rings (SSSR count). The van der Waals surface area contributed by atoms with Crippen molar-refractivity contribution in [3.63, 3.8) is 0 Å². The maximum absolute atomic E-state index is 6.69. The van der Waals surface area contributed by atoms with E-state index < -0.39 is 5.79 Å². The standard InChI is InChI=1S/C27H26N2O2/c1-20(21-10-4-2-5-11-21)27(22-12-6-3-7-13-22,30-25-16-8-14-23(28)18-25)31-26-17-9-15-24(29)19-26/h2-20H,28-29H2,1H3. The highest BCUT2D eigenvalue weighted by Gasteiger charge is 2.44. The quantitative estimate of drug-likeness (QED) is 0.291. The number of ether oxygens (including phenoxy) is 2. The molecule has 1 unspecified atom stereocenters. The number of rotatable bonds is 7. The van der Waals surface area contributed by atoms with Crippen molar-refractivity contribution in [3.05, 3.63) is 120 Å². The number of hydrogen-bond donors (Lipinski definition) is 2. The van der Waals surface area contributed by atoms with Crippen molar-refractivity contribution in [1.29, 1.82) is 0 Å². The number of hydrogen-bond acceptors (Lipinski definition) is 4. The van der Waals surface area contributed by atoms with Crippen LogP contribution in [-0.4, -0.2) is 0 Å². The third-order valence-corrected chi connectivity index (χ3v) is 5.30. The summed E-state index contributed by atoms with van der Waals surface area (Å²) in [5.41, 5.74) is 15.3. The first kappa shape index (κ1) is 20.4. The monoisotopic (exact) mass is 410 g/mol. The Hall–Kier alpha value is -3.92. The highest BCUT2D eigenvalue weighted by molar-refractivity contribution is 5.46. The van der Waals surface area contributed by atoms with Crippen LogP contribution in [0.2, 0.25) is 0 Å². The van der Waals surface area contributed by atoms with Crippen LogP contribution in [0.4, 0.5) is 11.4 Å². The molecule has 0 spiro atoms. The molecule has 0 bridgehead atoms. The van der Waals surface area contributed by atoms with Gasteiger partial charge in [0.05, 0.1) is 5.92 Å². The molecule has 0 amide bonds. The third kappa shape index (κ3) is 4.48. The number of anilines is 2. The average molecular weight is 411 g/mol. The van der Waals surface area contributed by atoms with Crippen LogP contribution in [-0.2, 0) is 5.79 Å². The van der Waals surface area contributed by atoms with Gasteiger partial charge in [-0.25, -0.2) is 0 Å². The Labute approximate surface area is 183 Å². The van der Waals surface area contributed by atoms with E-state index in [9.17, 15) is 0 Å². The maximum Gasteiger partial charge on any atom is 0.284 e. The number of benzene rings is 4. The van der Waals surface area contributed by atoms with Gasteiger partial charge in [0.2, 0.25) is 0 Å². The first-order chi connectivity index (χ1) is 15.1. The van der Waals surface area contributed by atoms with Crippen LogP contribution in [0.15, 0.2) is 109 Å². The summed E-state index contributed by atoms with van der Waals surface area (Å²) in [5.74, 6) is -0.0884. The summed E-state index contributed by atoms with van der Waals surface area (Å²) >= 11 is 0. The van der Waals surface area contributed by atoms with Gasteiger partial charge in [0.15, 0.2) is 0 Å². The van der Waals surface area contributed by atoms with Crippen LogP contribution in [0, 0.1) is 0 Å². The summed E-state index contributed by atoms with van der Waals surface area (Å²) in [4.78, 5) is 0. The molecule has 0 aliphatic rings. The molecule has 0 saturated carbocycles. The SMILES string of the molecule is CC(c1ccccc1)C(Oc1cccc(N)c1)(Oc1cccc(N)c1)c1ccccc1. The number of nitrogen functional groups attached to an aromatic ring is 2. The predicted molar refractivity (Wildman–Crippen MR) is 126 cm³/mol. The average Bonchev–Trinajstić information content (AvgIpc) is 2.79. The van der Waals surface area contributed by atoms with Crippen molar-refractivity contribution in [2.75, 3.05) is 11.5 Å². The van der Waals surface area contributed by atoms with Crippen molar-refractivity contribution in [1.82, 2.24) is 0 Å². The van der Waals surface area contributed by atoms with Crippen molar-refractivity contribution < 1.29 is 9.47 Å². The lowest BCUT2D eigenvalue weighted by molar-refractivity contribution is -0.139. The molecule has 0 heterocycles. The van der Waals surface area contributed by atoms with Gasteiger partial charge >= 0.3 is 0 Å². The summed E-state index contributed by atoms with van der Waals surface area (Å²) in [6.07, 6.45) is 0. The van der Waals surface area contributed by atoms with E-state index in [-0.39, 0.29) is 5.92 Å². The summed E-state index contributed by atoms with van der Waals surface area (Å²) < 4.78 is 13.4. The highest BCUT2D eigenvalue weighted by Crippen LogP contribution is 2.43. The van der Waals surface area contributed by atoms with Crippen molar-refractivity contribution in [2.24, 2.45) is 0 Å². The Balaban J connectivity index is 1.90.